The molecule has 0 aliphatic rings. The van der Waals surface area contributed by atoms with Gasteiger partial charge in [0.2, 0.25) is 0 Å². The van der Waals surface area contributed by atoms with Crippen molar-refractivity contribution in [1.29, 1.82) is 0 Å². The molecule has 234 valence electrons. The predicted octanol–water partition coefficient (Wildman–Crippen LogP) is 11.5. The Kier molecular flexibility index (Phi) is 6.42. The van der Waals surface area contributed by atoms with E-state index in [2.05, 4.69) is 102 Å². The van der Waals surface area contributed by atoms with Gasteiger partial charge < -0.3 is 8.98 Å². The van der Waals surface area contributed by atoms with Gasteiger partial charge in [0.05, 0.1) is 11.0 Å². The van der Waals surface area contributed by atoms with Crippen molar-refractivity contribution >= 4 is 43.7 Å². The molecule has 5 nitrogen and oxygen atoms in total. The third-order valence-electron chi connectivity index (χ3n) is 9.45. The third-order valence-corrected chi connectivity index (χ3v) is 9.45. The normalized spacial score (nSPS) is 11.6. The van der Waals surface area contributed by atoms with E-state index >= 15 is 0 Å². The van der Waals surface area contributed by atoms with Gasteiger partial charge in [0.15, 0.2) is 17.5 Å². The minimum Gasteiger partial charge on any atom is -0.456 e. The van der Waals surface area contributed by atoms with Crippen LogP contribution < -0.4 is 0 Å². The molecule has 7 aromatic carbocycles. The van der Waals surface area contributed by atoms with E-state index < -0.39 is 0 Å². The summed E-state index contributed by atoms with van der Waals surface area (Å²) in [6.07, 6.45) is 0. The highest BCUT2D eigenvalue weighted by atomic mass is 16.3. The third kappa shape index (κ3) is 4.60. The molecule has 0 amide bonds. The van der Waals surface area contributed by atoms with Crippen LogP contribution in [0.2, 0.25) is 0 Å². The Morgan fingerprint density at radius 1 is 0.380 bits per heavy atom. The maximum atomic E-state index is 6.38. The quantitative estimate of drug-likeness (QED) is 0.188. The Balaban J connectivity index is 1.15. The molecule has 0 radical (unpaired) electrons. The number of fused-ring (bicyclic) bond motifs is 6. The maximum absolute atomic E-state index is 6.38. The molecule has 50 heavy (non-hydrogen) atoms. The van der Waals surface area contributed by atoms with Gasteiger partial charge in [-0.05, 0) is 65.7 Å². The number of hydrogen-bond acceptors (Lipinski definition) is 4. The largest absolute Gasteiger partial charge is 0.456 e. The monoisotopic (exact) mass is 640 g/mol. The minimum absolute atomic E-state index is 0.614. The van der Waals surface area contributed by atoms with Gasteiger partial charge in [0, 0.05) is 43.9 Å². The SMILES string of the molecule is c1ccc(-c2nc(-c3ccccc3)nc(-c3ccc4oc5ccc(-c6cccc7c6c6ccccc6n7-c6ccccc6)cc5c4c3)n2)cc1. The van der Waals surface area contributed by atoms with E-state index in [9.17, 15) is 0 Å². The molecule has 0 spiro atoms. The molecule has 0 saturated heterocycles. The summed E-state index contributed by atoms with van der Waals surface area (Å²) in [4.78, 5) is 14.8. The summed E-state index contributed by atoms with van der Waals surface area (Å²) < 4.78 is 8.74. The van der Waals surface area contributed by atoms with Crippen LogP contribution in [-0.2, 0) is 0 Å². The molecule has 0 aliphatic carbocycles. The van der Waals surface area contributed by atoms with Crippen LogP contribution in [-0.4, -0.2) is 19.5 Å². The highest BCUT2D eigenvalue weighted by Crippen LogP contribution is 2.41. The van der Waals surface area contributed by atoms with Crippen molar-refractivity contribution in [2.24, 2.45) is 0 Å². The molecule has 10 rings (SSSR count). The van der Waals surface area contributed by atoms with Crippen LogP contribution in [0.4, 0.5) is 0 Å². The Morgan fingerprint density at radius 3 is 1.56 bits per heavy atom. The fourth-order valence-corrected chi connectivity index (χ4v) is 7.14. The van der Waals surface area contributed by atoms with E-state index in [1.807, 2.05) is 72.8 Å². The van der Waals surface area contributed by atoms with Crippen molar-refractivity contribution in [3.05, 3.63) is 170 Å². The molecular weight excluding hydrogens is 613 g/mol. The van der Waals surface area contributed by atoms with E-state index in [0.717, 1.165) is 49.9 Å². The second-order valence-electron chi connectivity index (χ2n) is 12.5. The molecule has 0 bridgehead atoms. The van der Waals surface area contributed by atoms with Crippen molar-refractivity contribution in [2.45, 2.75) is 0 Å². The average Bonchev–Trinajstić information content (AvgIpc) is 3.74. The molecule has 5 heteroatoms. The van der Waals surface area contributed by atoms with Gasteiger partial charge in [-0.1, -0.05) is 115 Å². The molecule has 0 atom stereocenters. The molecular formula is C45H28N4O. The lowest BCUT2D eigenvalue weighted by molar-refractivity contribution is 0.669. The zero-order chi connectivity index (χ0) is 33.0. The van der Waals surface area contributed by atoms with E-state index in [4.69, 9.17) is 19.4 Å². The van der Waals surface area contributed by atoms with Gasteiger partial charge in [0.25, 0.3) is 0 Å². The minimum atomic E-state index is 0.614. The summed E-state index contributed by atoms with van der Waals surface area (Å²) in [5.41, 5.74) is 10.2. The fourth-order valence-electron chi connectivity index (χ4n) is 7.14. The van der Waals surface area contributed by atoms with Gasteiger partial charge in [-0.3, -0.25) is 0 Å². The highest BCUT2D eigenvalue weighted by Gasteiger charge is 2.18. The first-order valence-corrected chi connectivity index (χ1v) is 16.7. The van der Waals surface area contributed by atoms with E-state index in [0.29, 0.717) is 17.5 Å². The second kappa shape index (κ2) is 11.4. The van der Waals surface area contributed by atoms with Crippen LogP contribution in [0.3, 0.4) is 0 Å². The van der Waals surface area contributed by atoms with Crippen LogP contribution in [0.5, 0.6) is 0 Å². The summed E-state index contributed by atoms with van der Waals surface area (Å²) in [6.45, 7) is 0. The van der Waals surface area contributed by atoms with Crippen molar-refractivity contribution in [2.75, 3.05) is 0 Å². The number of benzene rings is 7. The number of rotatable bonds is 5. The molecule has 0 aliphatic heterocycles. The average molecular weight is 641 g/mol. The smallest absolute Gasteiger partial charge is 0.164 e. The van der Waals surface area contributed by atoms with Crippen LogP contribution >= 0.6 is 0 Å². The zero-order valence-corrected chi connectivity index (χ0v) is 26.9. The maximum Gasteiger partial charge on any atom is 0.164 e. The van der Waals surface area contributed by atoms with Gasteiger partial charge in [-0.15, -0.1) is 0 Å². The Hall–Kier alpha value is -6.85. The standard InChI is InChI=1S/C45H28N4O/c1-4-13-29(14-5-1)43-46-44(30-15-6-2-7-16-30)48-45(47-43)32-24-26-41-37(28-32)36-27-31(23-25-40(36)50-41)34-20-12-22-39-42(34)35-19-10-11-21-38(35)49(39)33-17-8-3-9-18-33/h1-28H. The van der Waals surface area contributed by atoms with E-state index in [-0.39, 0.29) is 0 Å². The lowest BCUT2D eigenvalue weighted by Crippen LogP contribution is -2.00. The molecule has 3 aromatic heterocycles. The first-order valence-electron chi connectivity index (χ1n) is 16.7. The first-order chi connectivity index (χ1) is 24.8. The van der Waals surface area contributed by atoms with Gasteiger partial charge in [-0.25, -0.2) is 15.0 Å². The number of hydrogen-bond donors (Lipinski definition) is 0. The van der Waals surface area contributed by atoms with Gasteiger partial charge in [0.1, 0.15) is 11.2 Å². The predicted molar refractivity (Wildman–Crippen MR) is 203 cm³/mol. The Morgan fingerprint density at radius 2 is 0.900 bits per heavy atom. The lowest BCUT2D eigenvalue weighted by atomic mass is 9.97. The molecule has 10 aromatic rings. The Labute approximate surface area is 287 Å². The summed E-state index contributed by atoms with van der Waals surface area (Å²) in [5, 5.41) is 4.51. The molecule has 0 saturated carbocycles. The van der Waals surface area contributed by atoms with E-state index in [1.54, 1.807) is 0 Å². The summed E-state index contributed by atoms with van der Waals surface area (Å²) in [6, 6.07) is 58.6. The Bertz CT molecular complexity index is 2800. The highest BCUT2D eigenvalue weighted by molar-refractivity contribution is 6.17. The van der Waals surface area contributed by atoms with Crippen LogP contribution in [0.15, 0.2) is 174 Å². The van der Waals surface area contributed by atoms with Gasteiger partial charge >= 0.3 is 0 Å². The summed E-state index contributed by atoms with van der Waals surface area (Å²) in [5.74, 6) is 1.89. The number of aromatic nitrogens is 4. The number of nitrogens with zero attached hydrogens (tertiary/aromatic N) is 4. The van der Waals surface area contributed by atoms with Crippen molar-refractivity contribution in [3.63, 3.8) is 0 Å². The number of para-hydroxylation sites is 2. The van der Waals surface area contributed by atoms with Crippen LogP contribution in [0, 0.1) is 0 Å². The summed E-state index contributed by atoms with van der Waals surface area (Å²) >= 11 is 0. The first kappa shape index (κ1) is 28.2. The molecule has 0 unspecified atom stereocenters. The topological polar surface area (TPSA) is 56.7 Å². The van der Waals surface area contributed by atoms with Crippen molar-refractivity contribution < 1.29 is 4.42 Å². The molecule has 0 fully saturated rings. The summed E-state index contributed by atoms with van der Waals surface area (Å²) in [7, 11) is 0. The van der Waals surface area contributed by atoms with E-state index in [1.165, 1.54) is 27.4 Å². The van der Waals surface area contributed by atoms with Crippen molar-refractivity contribution in [3.8, 4) is 51.0 Å². The molecule has 3 heterocycles. The lowest BCUT2D eigenvalue weighted by Gasteiger charge is -2.09. The van der Waals surface area contributed by atoms with Gasteiger partial charge in [-0.2, -0.15) is 0 Å². The zero-order valence-electron chi connectivity index (χ0n) is 26.9. The van der Waals surface area contributed by atoms with Crippen molar-refractivity contribution in [1.82, 2.24) is 19.5 Å². The fraction of sp³-hybridized carbons (Fsp3) is 0. The van der Waals surface area contributed by atoms with Crippen LogP contribution in [0.1, 0.15) is 0 Å². The second-order valence-corrected chi connectivity index (χ2v) is 12.5. The van der Waals surface area contributed by atoms with Crippen LogP contribution in [0.25, 0.3) is 94.7 Å². The molecule has 0 N–H and O–H groups in total. The number of furan rings is 1.